The van der Waals surface area contributed by atoms with Gasteiger partial charge in [-0.25, -0.2) is 4.79 Å². The molecule has 0 aromatic heterocycles. The van der Waals surface area contributed by atoms with Gasteiger partial charge in [0, 0.05) is 64.8 Å². The Kier molecular flexibility index (Phi) is 14.0. The van der Waals surface area contributed by atoms with Crippen LogP contribution >= 0.6 is 0 Å². The molecule has 1 heterocycles. The Hall–Kier alpha value is -4.22. The molecule has 1 aliphatic rings. The Morgan fingerprint density at radius 3 is 1.96 bits per heavy atom. The van der Waals surface area contributed by atoms with Crippen molar-refractivity contribution in [1.29, 1.82) is 0 Å². The van der Waals surface area contributed by atoms with E-state index in [-0.39, 0.29) is 64.3 Å². The third kappa shape index (κ3) is 12.8. The minimum Gasteiger partial charge on any atom is -0.426 e. The first-order chi connectivity index (χ1) is 23.6. The lowest BCUT2D eigenvalue weighted by Gasteiger charge is -2.36. The predicted octanol–water partition coefficient (Wildman–Crippen LogP) is 7.33. The number of alkyl halides is 9. The van der Waals surface area contributed by atoms with Crippen LogP contribution in [0.2, 0.25) is 0 Å². The molecule has 0 saturated carbocycles. The third-order valence-electron chi connectivity index (χ3n) is 7.67. The van der Waals surface area contributed by atoms with Crippen LogP contribution in [0.1, 0.15) is 50.3 Å². The number of rotatable bonds is 13. The zero-order valence-electron chi connectivity index (χ0n) is 27.9. The number of hydrogen-bond donors (Lipinski definition) is 0. The van der Waals surface area contributed by atoms with Crippen molar-refractivity contribution in [2.45, 2.75) is 77.6 Å². The molecular formula is C33H38F9N3O6. The summed E-state index contributed by atoms with van der Waals surface area (Å²) in [6.45, 7) is 4.11. The van der Waals surface area contributed by atoms with E-state index in [9.17, 15) is 53.9 Å². The number of piperazine rings is 1. The summed E-state index contributed by atoms with van der Waals surface area (Å²) in [5.41, 5.74) is 0.360. The molecule has 1 fully saturated rings. The largest absolute Gasteiger partial charge is 0.434 e. The summed E-state index contributed by atoms with van der Waals surface area (Å²) in [4.78, 5) is 40.5. The Labute approximate surface area is 288 Å². The average Bonchev–Trinajstić information content (AvgIpc) is 3.02. The van der Waals surface area contributed by atoms with E-state index in [0.717, 1.165) is 17.7 Å². The van der Waals surface area contributed by atoms with Crippen LogP contribution in [0, 0.1) is 5.92 Å². The van der Waals surface area contributed by atoms with Crippen molar-refractivity contribution in [3.05, 3.63) is 65.2 Å². The van der Waals surface area contributed by atoms with Gasteiger partial charge >= 0.3 is 36.6 Å². The SMILES string of the molecule is CC(OC(=O)CCCN(Cc1ccccc1)c1cc(C(F)(F)F)ccc1CN1CCN(C(=O)OC(C(F)(F)F)C(F)(F)F)CC1)OC(=O)C(C)C. The first-order valence-corrected chi connectivity index (χ1v) is 15.9. The van der Waals surface area contributed by atoms with Crippen LogP contribution in [0.25, 0.3) is 0 Å². The maximum atomic E-state index is 13.9. The molecule has 51 heavy (non-hydrogen) atoms. The molecule has 1 aliphatic heterocycles. The minimum absolute atomic E-state index is 0.0101. The lowest BCUT2D eigenvalue weighted by molar-refractivity contribution is -0.308. The van der Waals surface area contributed by atoms with Gasteiger partial charge in [0.25, 0.3) is 6.10 Å². The Morgan fingerprint density at radius 2 is 1.41 bits per heavy atom. The highest BCUT2D eigenvalue weighted by atomic mass is 19.4. The summed E-state index contributed by atoms with van der Waals surface area (Å²) in [5.74, 6) is -1.72. The molecule has 2 aromatic rings. The van der Waals surface area contributed by atoms with Gasteiger partial charge in [0.15, 0.2) is 0 Å². The van der Waals surface area contributed by atoms with Gasteiger partial charge < -0.3 is 24.0 Å². The van der Waals surface area contributed by atoms with Crippen LogP contribution in [-0.2, 0) is 43.1 Å². The van der Waals surface area contributed by atoms with Gasteiger partial charge in [-0.2, -0.15) is 39.5 Å². The number of hydrogen-bond acceptors (Lipinski definition) is 8. The lowest BCUT2D eigenvalue weighted by atomic mass is 10.0. The van der Waals surface area contributed by atoms with Crippen LogP contribution in [0.4, 0.5) is 50.0 Å². The quantitative estimate of drug-likeness (QED) is 0.120. The number of benzene rings is 2. The van der Waals surface area contributed by atoms with E-state index in [1.807, 2.05) is 0 Å². The number of esters is 2. The molecule has 9 nitrogen and oxygen atoms in total. The number of nitrogens with zero attached hydrogens (tertiary/aromatic N) is 3. The van der Waals surface area contributed by atoms with Crippen LogP contribution in [0.5, 0.6) is 0 Å². The van der Waals surface area contributed by atoms with Crippen molar-refractivity contribution < 1.29 is 68.1 Å². The Morgan fingerprint density at radius 1 is 0.804 bits per heavy atom. The third-order valence-corrected chi connectivity index (χ3v) is 7.67. The zero-order chi connectivity index (χ0) is 38.1. The fourth-order valence-electron chi connectivity index (χ4n) is 5.06. The van der Waals surface area contributed by atoms with E-state index >= 15 is 0 Å². The molecule has 1 amide bonds. The summed E-state index contributed by atoms with van der Waals surface area (Å²) in [6, 6.07) is 11.9. The highest BCUT2D eigenvalue weighted by Gasteiger charge is 2.60. The van der Waals surface area contributed by atoms with E-state index < -0.39 is 60.4 Å². The maximum absolute atomic E-state index is 13.9. The zero-order valence-corrected chi connectivity index (χ0v) is 27.9. The Bertz CT molecular complexity index is 1450. The summed E-state index contributed by atoms with van der Waals surface area (Å²) in [5, 5.41) is 0. The first-order valence-electron chi connectivity index (χ1n) is 15.9. The molecule has 0 spiro atoms. The van der Waals surface area contributed by atoms with Crippen molar-refractivity contribution in [3.63, 3.8) is 0 Å². The molecule has 1 atom stereocenters. The van der Waals surface area contributed by atoms with Gasteiger partial charge in [-0.05, 0) is 29.7 Å². The molecule has 0 N–H and O–H groups in total. The number of anilines is 1. The van der Waals surface area contributed by atoms with Gasteiger partial charge in [0.1, 0.15) is 0 Å². The fraction of sp³-hybridized carbons (Fsp3) is 0.545. The fourth-order valence-corrected chi connectivity index (χ4v) is 5.06. The van der Waals surface area contributed by atoms with Crippen molar-refractivity contribution in [2.24, 2.45) is 5.92 Å². The monoisotopic (exact) mass is 743 g/mol. The molecular weight excluding hydrogens is 705 g/mol. The van der Waals surface area contributed by atoms with E-state index in [2.05, 4.69) is 4.74 Å². The first kappa shape index (κ1) is 41.2. The van der Waals surface area contributed by atoms with Crippen LogP contribution in [0.3, 0.4) is 0 Å². The summed E-state index contributed by atoms with van der Waals surface area (Å²) in [6.07, 6.45) is -23.7. The lowest BCUT2D eigenvalue weighted by Crippen LogP contribution is -2.52. The molecule has 0 radical (unpaired) electrons. The number of ether oxygens (including phenoxy) is 3. The number of carbonyl (C=O) groups is 3. The van der Waals surface area contributed by atoms with Gasteiger partial charge in [-0.15, -0.1) is 0 Å². The second-order valence-corrected chi connectivity index (χ2v) is 12.1. The van der Waals surface area contributed by atoms with Crippen molar-refractivity contribution >= 4 is 23.7 Å². The van der Waals surface area contributed by atoms with E-state index in [1.54, 1.807) is 54.0 Å². The average molecular weight is 744 g/mol. The van der Waals surface area contributed by atoms with Gasteiger partial charge in [0.2, 0.25) is 6.29 Å². The molecule has 1 unspecified atom stereocenters. The topological polar surface area (TPSA) is 88.6 Å². The van der Waals surface area contributed by atoms with E-state index in [0.29, 0.717) is 10.5 Å². The van der Waals surface area contributed by atoms with E-state index in [4.69, 9.17) is 9.47 Å². The second-order valence-electron chi connectivity index (χ2n) is 12.1. The molecule has 3 rings (SSSR count). The van der Waals surface area contributed by atoms with Gasteiger partial charge in [0.05, 0.1) is 11.5 Å². The van der Waals surface area contributed by atoms with Gasteiger partial charge in [-0.3, -0.25) is 14.5 Å². The summed E-state index contributed by atoms with van der Waals surface area (Å²) in [7, 11) is 0. The Balaban J connectivity index is 1.78. The summed E-state index contributed by atoms with van der Waals surface area (Å²) >= 11 is 0. The van der Waals surface area contributed by atoms with Gasteiger partial charge in [-0.1, -0.05) is 50.2 Å². The number of halogens is 9. The smallest absolute Gasteiger partial charge is 0.426 e. The van der Waals surface area contributed by atoms with Crippen LogP contribution in [-0.4, -0.2) is 85.3 Å². The summed E-state index contributed by atoms with van der Waals surface area (Å²) < 4.78 is 133. The maximum Gasteiger partial charge on any atom is 0.434 e. The molecule has 0 aliphatic carbocycles. The standard InChI is InChI=1S/C33H38F9N3O6/c1-21(2)28(47)50-22(3)49-27(46)10-7-13-45(19-23-8-5-4-6-9-23)26-18-25(31(34,35)36)12-11-24(26)20-43-14-16-44(17-15-43)30(48)51-29(32(37,38)39)33(40,41)42/h4-6,8-9,11-12,18,21-22,29H,7,10,13-17,19-20H2,1-3H3. The molecule has 18 heteroatoms. The highest BCUT2D eigenvalue weighted by Crippen LogP contribution is 2.37. The van der Waals surface area contributed by atoms with E-state index in [1.165, 1.54) is 13.0 Å². The molecule has 1 saturated heterocycles. The van der Waals surface area contributed by atoms with Crippen LogP contribution < -0.4 is 4.90 Å². The second kappa shape index (κ2) is 17.3. The highest BCUT2D eigenvalue weighted by molar-refractivity contribution is 5.72. The van der Waals surface area contributed by atoms with Crippen LogP contribution in [0.15, 0.2) is 48.5 Å². The minimum atomic E-state index is -5.87. The molecule has 2 aromatic carbocycles. The molecule has 284 valence electrons. The predicted molar refractivity (Wildman–Crippen MR) is 164 cm³/mol. The number of amides is 1. The van der Waals surface area contributed by atoms with Crippen molar-refractivity contribution in [1.82, 2.24) is 9.80 Å². The number of carbonyl (C=O) groups excluding carboxylic acids is 3. The normalized spacial score (nSPS) is 15.1. The van der Waals surface area contributed by atoms with Crippen molar-refractivity contribution in [2.75, 3.05) is 37.6 Å². The molecule has 0 bridgehead atoms. The van der Waals surface area contributed by atoms with Crippen molar-refractivity contribution in [3.8, 4) is 0 Å².